The molecule has 0 amide bonds. The van der Waals surface area contributed by atoms with Gasteiger partial charge in [-0.2, -0.15) is 5.10 Å². The number of hydrogen-bond acceptors (Lipinski definition) is 4. The lowest BCUT2D eigenvalue weighted by Gasteiger charge is -2.27. The highest BCUT2D eigenvalue weighted by molar-refractivity contribution is 14.0. The molecule has 2 N–H and O–H groups in total. The first-order valence-electron chi connectivity index (χ1n) is 10.7. The number of hydrogen-bond donors (Lipinski definition) is 2. The molecular weight excluding hydrogens is 515 g/mol. The maximum Gasteiger partial charge on any atom is 0.191 e. The summed E-state index contributed by atoms with van der Waals surface area (Å²) in [5.41, 5.74) is 4.85. The Labute approximate surface area is 206 Å². The third-order valence-corrected chi connectivity index (χ3v) is 5.43. The van der Waals surface area contributed by atoms with E-state index in [-0.39, 0.29) is 24.0 Å². The normalized spacial score (nSPS) is 14.6. The highest BCUT2D eigenvalue weighted by Gasteiger charge is 2.12. The van der Waals surface area contributed by atoms with Gasteiger partial charge in [0.1, 0.15) is 0 Å². The van der Waals surface area contributed by atoms with E-state index in [2.05, 4.69) is 68.1 Å². The van der Waals surface area contributed by atoms with Crippen molar-refractivity contribution in [3.8, 4) is 5.69 Å². The first-order chi connectivity index (χ1) is 15.3. The van der Waals surface area contributed by atoms with Gasteiger partial charge in [0.15, 0.2) is 5.96 Å². The third kappa shape index (κ3) is 6.78. The Morgan fingerprint density at radius 3 is 2.53 bits per heavy atom. The zero-order valence-corrected chi connectivity index (χ0v) is 20.7. The van der Waals surface area contributed by atoms with Crippen LogP contribution in [0.3, 0.4) is 0 Å². The van der Waals surface area contributed by atoms with E-state index in [0.717, 1.165) is 51.0 Å². The van der Waals surface area contributed by atoms with Crippen molar-refractivity contribution in [3.63, 3.8) is 0 Å². The summed E-state index contributed by atoms with van der Waals surface area (Å²) in [5.74, 6) is 0.783. The molecule has 1 aliphatic heterocycles. The SMILES string of the molecule is CN=C(NCc1cccc(-n2cccn2)c1)NCc1ccccc1CN1CCOCC1.I. The van der Waals surface area contributed by atoms with E-state index in [1.165, 1.54) is 16.7 Å². The molecule has 1 saturated heterocycles. The van der Waals surface area contributed by atoms with Crippen LogP contribution in [0, 0.1) is 0 Å². The monoisotopic (exact) mass is 546 g/mol. The second-order valence-corrected chi connectivity index (χ2v) is 7.56. The van der Waals surface area contributed by atoms with Crippen LogP contribution < -0.4 is 10.6 Å². The molecule has 0 aliphatic carbocycles. The summed E-state index contributed by atoms with van der Waals surface area (Å²) in [6, 6.07) is 18.9. The number of benzene rings is 2. The summed E-state index contributed by atoms with van der Waals surface area (Å²) >= 11 is 0. The second-order valence-electron chi connectivity index (χ2n) is 7.56. The lowest BCUT2D eigenvalue weighted by molar-refractivity contribution is 0.0341. The van der Waals surface area contributed by atoms with Gasteiger partial charge in [-0.15, -0.1) is 24.0 Å². The molecule has 0 saturated carbocycles. The fraction of sp³-hybridized carbons (Fsp3) is 0.333. The van der Waals surface area contributed by atoms with Crippen molar-refractivity contribution >= 4 is 29.9 Å². The minimum absolute atomic E-state index is 0. The highest BCUT2D eigenvalue weighted by Crippen LogP contribution is 2.13. The summed E-state index contributed by atoms with van der Waals surface area (Å²) < 4.78 is 7.33. The van der Waals surface area contributed by atoms with Gasteiger partial charge >= 0.3 is 0 Å². The summed E-state index contributed by atoms with van der Waals surface area (Å²) in [5, 5.41) is 11.2. The van der Waals surface area contributed by atoms with E-state index >= 15 is 0 Å². The maximum absolute atomic E-state index is 5.47. The number of morpholine rings is 1. The van der Waals surface area contributed by atoms with Crippen molar-refractivity contribution in [1.82, 2.24) is 25.3 Å². The van der Waals surface area contributed by atoms with Crippen LogP contribution in [0.5, 0.6) is 0 Å². The fourth-order valence-electron chi connectivity index (χ4n) is 3.70. The molecule has 0 spiro atoms. The zero-order chi connectivity index (χ0) is 21.3. The molecule has 8 heteroatoms. The molecule has 0 bridgehead atoms. The number of aromatic nitrogens is 2. The van der Waals surface area contributed by atoms with Crippen LogP contribution in [-0.4, -0.2) is 54.0 Å². The second kappa shape index (κ2) is 12.6. The van der Waals surface area contributed by atoms with Crippen molar-refractivity contribution in [3.05, 3.63) is 83.7 Å². The molecule has 1 fully saturated rings. The predicted octanol–water partition coefficient (Wildman–Crippen LogP) is 3.19. The average Bonchev–Trinajstić information content (AvgIpc) is 3.36. The van der Waals surface area contributed by atoms with Gasteiger partial charge in [0.2, 0.25) is 0 Å². The van der Waals surface area contributed by atoms with E-state index in [1.807, 2.05) is 23.0 Å². The molecule has 32 heavy (non-hydrogen) atoms. The van der Waals surface area contributed by atoms with Crippen LogP contribution in [0.2, 0.25) is 0 Å². The Hall–Kier alpha value is -2.43. The Morgan fingerprint density at radius 1 is 1.00 bits per heavy atom. The Balaban J connectivity index is 0.00000289. The molecule has 7 nitrogen and oxygen atoms in total. The standard InChI is InChI=1S/C24H30N6O.HI/c1-25-24(26-17-20-6-4-9-23(16-20)30-11-5-10-28-30)27-18-21-7-2-3-8-22(21)19-29-12-14-31-15-13-29;/h2-11,16H,12-15,17-19H2,1H3,(H2,25,26,27);1H. The zero-order valence-electron chi connectivity index (χ0n) is 18.4. The summed E-state index contributed by atoms with van der Waals surface area (Å²) in [6.45, 7) is 5.98. The molecule has 0 unspecified atom stereocenters. The third-order valence-electron chi connectivity index (χ3n) is 5.43. The average molecular weight is 546 g/mol. The molecule has 4 rings (SSSR count). The molecule has 170 valence electrons. The van der Waals surface area contributed by atoms with E-state index in [9.17, 15) is 0 Å². The van der Waals surface area contributed by atoms with Crippen LogP contribution >= 0.6 is 24.0 Å². The van der Waals surface area contributed by atoms with Crippen molar-refractivity contribution in [2.75, 3.05) is 33.4 Å². The largest absolute Gasteiger partial charge is 0.379 e. The maximum atomic E-state index is 5.47. The number of ether oxygens (including phenoxy) is 1. The molecule has 1 aromatic heterocycles. The molecule has 1 aliphatic rings. The topological polar surface area (TPSA) is 66.7 Å². The van der Waals surface area contributed by atoms with Gasteiger partial charge in [0.05, 0.1) is 18.9 Å². The van der Waals surface area contributed by atoms with Crippen LogP contribution in [0.25, 0.3) is 5.69 Å². The Morgan fingerprint density at radius 2 is 1.78 bits per heavy atom. The first kappa shape index (κ1) is 24.2. The number of guanidine groups is 1. The van der Waals surface area contributed by atoms with Gasteiger partial charge < -0.3 is 15.4 Å². The van der Waals surface area contributed by atoms with E-state index < -0.39 is 0 Å². The Bertz CT molecular complexity index is 986. The van der Waals surface area contributed by atoms with Crippen LogP contribution in [-0.2, 0) is 24.4 Å². The van der Waals surface area contributed by atoms with Crippen molar-refractivity contribution in [1.29, 1.82) is 0 Å². The fourth-order valence-corrected chi connectivity index (χ4v) is 3.70. The summed E-state index contributed by atoms with van der Waals surface area (Å²) in [7, 11) is 1.80. The molecule has 0 atom stereocenters. The minimum atomic E-state index is 0. The summed E-state index contributed by atoms with van der Waals surface area (Å²) in [6.07, 6.45) is 3.73. The predicted molar refractivity (Wildman–Crippen MR) is 139 cm³/mol. The quantitative estimate of drug-likeness (QED) is 0.271. The number of nitrogens with zero attached hydrogens (tertiary/aromatic N) is 4. The first-order valence-corrected chi connectivity index (χ1v) is 10.7. The van der Waals surface area contributed by atoms with Gasteiger partial charge in [-0.05, 0) is 34.9 Å². The van der Waals surface area contributed by atoms with Gasteiger partial charge in [-0.3, -0.25) is 9.89 Å². The van der Waals surface area contributed by atoms with Crippen molar-refractivity contribution in [2.24, 2.45) is 4.99 Å². The highest BCUT2D eigenvalue weighted by atomic mass is 127. The van der Waals surface area contributed by atoms with Crippen LogP contribution in [0.1, 0.15) is 16.7 Å². The van der Waals surface area contributed by atoms with Crippen LogP contribution in [0.15, 0.2) is 72.0 Å². The van der Waals surface area contributed by atoms with Gasteiger partial charge in [0.25, 0.3) is 0 Å². The molecule has 3 aromatic rings. The summed E-state index contributed by atoms with van der Waals surface area (Å²) in [4.78, 5) is 6.83. The minimum Gasteiger partial charge on any atom is -0.379 e. The number of rotatable bonds is 7. The van der Waals surface area contributed by atoms with E-state index in [0.29, 0.717) is 6.54 Å². The Kier molecular flexibility index (Phi) is 9.51. The van der Waals surface area contributed by atoms with Gasteiger partial charge in [0, 0.05) is 52.2 Å². The molecular formula is C24H31IN6O. The van der Waals surface area contributed by atoms with Crippen molar-refractivity contribution < 1.29 is 4.74 Å². The van der Waals surface area contributed by atoms with E-state index in [1.54, 1.807) is 13.2 Å². The molecule has 2 heterocycles. The smallest absolute Gasteiger partial charge is 0.191 e. The van der Waals surface area contributed by atoms with Crippen LogP contribution in [0.4, 0.5) is 0 Å². The van der Waals surface area contributed by atoms with Gasteiger partial charge in [-0.25, -0.2) is 4.68 Å². The lowest BCUT2D eigenvalue weighted by Crippen LogP contribution is -2.37. The number of halogens is 1. The molecule has 0 radical (unpaired) electrons. The van der Waals surface area contributed by atoms with E-state index in [4.69, 9.17) is 4.74 Å². The van der Waals surface area contributed by atoms with Gasteiger partial charge in [-0.1, -0.05) is 36.4 Å². The number of aliphatic imine (C=N–C) groups is 1. The molecule has 2 aromatic carbocycles. The van der Waals surface area contributed by atoms with Crippen molar-refractivity contribution in [2.45, 2.75) is 19.6 Å². The lowest BCUT2D eigenvalue weighted by atomic mass is 10.1. The number of nitrogens with one attached hydrogen (secondary N) is 2.